The van der Waals surface area contributed by atoms with E-state index < -0.39 is 23.9 Å². The minimum Gasteiger partial charge on any atom is -0.388 e. The van der Waals surface area contributed by atoms with Crippen LogP contribution in [0.4, 0.5) is 18.9 Å². The lowest BCUT2D eigenvalue weighted by atomic mass is 9.80. The molecular weight excluding hydrogens is 343 g/mol. The Kier molecular flexibility index (Phi) is 4.10. The quantitative estimate of drug-likeness (QED) is 0.865. The van der Waals surface area contributed by atoms with Crippen LogP contribution in [-0.4, -0.2) is 33.2 Å². The Balaban J connectivity index is 2.12. The average Bonchev–Trinajstić information content (AvgIpc) is 2.30. The van der Waals surface area contributed by atoms with Crippen molar-refractivity contribution in [2.75, 3.05) is 11.9 Å². The molecule has 0 unspecified atom stereocenters. The standard InChI is InChI=1S/C11H13BrF3N3O2/c12-8-7(16-5-10(20)2-1-3-10)4-17-18(9(8)19)6-11(13,14)15/h4,16,20H,1-3,5-6H2. The normalized spacial score (nSPS) is 17.6. The van der Waals surface area contributed by atoms with Gasteiger partial charge in [0.2, 0.25) is 0 Å². The third-order valence-corrected chi connectivity index (χ3v) is 3.97. The molecule has 1 aliphatic carbocycles. The van der Waals surface area contributed by atoms with Crippen molar-refractivity contribution in [3.63, 3.8) is 0 Å². The van der Waals surface area contributed by atoms with Gasteiger partial charge in [0.1, 0.15) is 11.0 Å². The zero-order valence-corrected chi connectivity index (χ0v) is 12.0. The molecule has 2 N–H and O–H groups in total. The molecule has 1 saturated carbocycles. The van der Waals surface area contributed by atoms with E-state index >= 15 is 0 Å². The Morgan fingerprint density at radius 3 is 2.65 bits per heavy atom. The lowest BCUT2D eigenvalue weighted by Gasteiger charge is -2.36. The van der Waals surface area contributed by atoms with Crippen LogP contribution in [0.1, 0.15) is 19.3 Å². The summed E-state index contributed by atoms with van der Waals surface area (Å²) in [5, 5.41) is 16.2. The van der Waals surface area contributed by atoms with Crippen LogP contribution in [0.25, 0.3) is 0 Å². The van der Waals surface area contributed by atoms with E-state index in [1.54, 1.807) is 0 Å². The number of nitrogens with one attached hydrogen (secondary N) is 1. The lowest BCUT2D eigenvalue weighted by molar-refractivity contribution is -0.143. The fourth-order valence-electron chi connectivity index (χ4n) is 1.89. The largest absolute Gasteiger partial charge is 0.408 e. The molecular formula is C11H13BrF3N3O2. The first-order chi connectivity index (χ1) is 9.20. The van der Waals surface area contributed by atoms with E-state index in [2.05, 4.69) is 26.3 Å². The average molecular weight is 356 g/mol. The second kappa shape index (κ2) is 5.36. The SMILES string of the molecule is O=c1c(Br)c(NCC2(O)CCC2)cnn1CC(F)(F)F. The molecule has 9 heteroatoms. The fourth-order valence-corrected chi connectivity index (χ4v) is 2.34. The van der Waals surface area contributed by atoms with E-state index in [0.29, 0.717) is 17.5 Å². The molecule has 2 rings (SSSR count). The zero-order chi connectivity index (χ0) is 15.0. The van der Waals surface area contributed by atoms with Gasteiger partial charge in [-0.25, -0.2) is 4.68 Å². The van der Waals surface area contributed by atoms with Gasteiger partial charge in [-0.3, -0.25) is 4.79 Å². The molecule has 1 aromatic rings. The second-order valence-corrected chi connectivity index (χ2v) is 5.67. The van der Waals surface area contributed by atoms with Crippen molar-refractivity contribution < 1.29 is 18.3 Å². The number of hydrogen-bond donors (Lipinski definition) is 2. The van der Waals surface area contributed by atoms with E-state index in [9.17, 15) is 23.1 Å². The molecule has 0 saturated heterocycles. The van der Waals surface area contributed by atoms with Gasteiger partial charge in [-0.15, -0.1) is 0 Å². The molecule has 0 bridgehead atoms. The molecule has 0 atom stereocenters. The first kappa shape index (κ1) is 15.3. The van der Waals surface area contributed by atoms with Crippen LogP contribution in [0.5, 0.6) is 0 Å². The fraction of sp³-hybridized carbons (Fsp3) is 0.636. The number of aliphatic hydroxyl groups is 1. The zero-order valence-electron chi connectivity index (χ0n) is 10.4. The molecule has 1 heterocycles. The van der Waals surface area contributed by atoms with Crippen LogP contribution in [-0.2, 0) is 6.54 Å². The van der Waals surface area contributed by atoms with Gasteiger partial charge in [-0.05, 0) is 35.2 Å². The summed E-state index contributed by atoms with van der Waals surface area (Å²) in [5.74, 6) is 0. The summed E-state index contributed by atoms with van der Waals surface area (Å²) < 4.78 is 37.1. The van der Waals surface area contributed by atoms with Gasteiger partial charge in [0.05, 0.1) is 17.5 Å². The Morgan fingerprint density at radius 1 is 1.50 bits per heavy atom. The van der Waals surface area contributed by atoms with Crippen LogP contribution in [0, 0.1) is 0 Å². The predicted molar refractivity (Wildman–Crippen MR) is 69.5 cm³/mol. The molecule has 0 amide bonds. The van der Waals surface area contributed by atoms with Crippen LogP contribution < -0.4 is 10.9 Å². The topological polar surface area (TPSA) is 67.2 Å². The number of hydrogen-bond acceptors (Lipinski definition) is 4. The summed E-state index contributed by atoms with van der Waals surface area (Å²) >= 11 is 2.96. The first-order valence-electron chi connectivity index (χ1n) is 5.99. The Morgan fingerprint density at radius 2 is 2.15 bits per heavy atom. The molecule has 1 aliphatic rings. The van der Waals surface area contributed by atoms with Gasteiger partial charge in [0, 0.05) is 6.54 Å². The summed E-state index contributed by atoms with van der Waals surface area (Å²) in [4.78, 5) is 11.7. The highest BCUT2D eigenvalue weighted by Crippen LogP contribution is 2.32. The van der Waals surface area contributed by atoms with E-state index in [0.717, 1.165) is 12.6 Å². The first-order valence-corrected chi connectivity index (χ1v) is 6.78. The van der Waals surface area contributed by atoms with E-state index in [-0.39, 0.29) is 16.7 Å². The van der Waals surface area contributed by atoms with Crippen molar-refractivity contribution in [1.82, 2.24) is 9.78 Å². The molecule has 0 aliphatic heterocycles. The molecule has 0 aromatic carbocycles. The molecule has 0 radical (unpaired) electrons. The van der Waals surface area contributed by atoms with Crippen LogP contribution >= 0.6 is 15.9 Å². The molecule has 0 spiro atoms. The van der Waals surface area contributed by atoms with Gasteiger partial charge in [-0.2, -0.15) is 18.3 Å². The molecule has 1 aromatic heterocycles. The second-order valence-electron chi connectivity index (χ2n) is 4.88. The maximum Gasteiger partial charge on any atom is 0.408 e. The number of alkyl halides is 3. The number of anilines is 1. The van der Waals surface area contributed by atoms with Gasteiger partial charge in [-0.1, -0.05) is 0 Å². The van der Waals surface area contributed by atoms with Crippen molar-refractivity contribution in [2.45, 2.75) is 37.6 Å². The summed E-state index contributed by atoms with van der Waals surface area (Å²) in [5.41, 5.74) is -1.40. The van der Waals surface area contributed by atoms with Gasteiger partial charge in [0.15, 0.2) is 0 Å². The van der Waals surface area contributed by atoms with Crippen LogP contribution in [0.15, 0.2) is 15.5 Å². The van der Waals surface area contributed by atoms with Gasteiger partial charge >= 0.3 is 6.18 Å². The highest BCUT2D eigenvalue weighted by molar-refractivity contribution is 9.10. The number of aromatic nitrogens is 2. The predicted octanol–water partition coefficient (Wildman–Crippen LogP) is 1.90. The van der Waals surface area contributed by atoms with Gasteiger partial charge < -0.3 is 10.4 Å². The highest BCUT2D eigenvalue weighted by Gasteiger charge is 2.34. The van der Waals surface area contributed by atoms with Crippen molar-refractivity contribution >= 4 is 21.6 Å². The molecule has 5 nitrogen and oxygen atoms in total. The minimum absolute atomic E-state index is 0.0281. The lowest BCUT2D eigenvalue weighted by Crippen LogP contribution is -2.43. The van der Waals surface area contributed by atoms with E-state index in [1.165, 1.54) is 0 Å². The van der Waals surface area contributed by atoms with Gasteiger partial charge in [0.25, 0.3) is 5.56 Å². The van der Waals surface area contributed by atoms with E-state index in [1.807, 2.05) is 0 Å². The minimum atomic E-state index is -4.51. The van der Waals surface area contributed by atoms with Crippen LogP contribution in [0.3, 0.4) is 0 Å². The Hall–Kier alpha value is -1.09. The summed E-state index contributed by atoms with van der Waals surface area (Å²) in [6.45, 7) is -1.20. The monoisotopic (exact) mass is 355 g/mol. The number of rotatable bonds is 4. The molecule has 20 heavy (non-hydrogen) atoms. The highest BCUT2D eigenvalue weighted by atomic mass is 79.9. The van der Waals surface area contributed by atoms with Crippen molar-refractivity contribution in [1.29, 1.82) is 0 Å². The smallest absolute Gasteiger partial charge is 0.388 e. The van der Waals surface area contributed by atoms with E-state index in [4.69, 9.17) is 0 Å². The Bertz CT molecular complexity index is 555. The third kappa shape index (κ3) is 3.51. The summed E-state index contributed by atoms with van der Waals surface area (Å²) in [6.07, 6.45) is -1.11. The number of halogens is 4. The molecule has 112 valence electrons. The van der Waals surface area contributed by atoms with Crippen molar-refractivity contribution in [3.05, 3.63) is 21.0 Å². The summed E-state index contributed by atoms with van der Waals surface area (Å²) in [7, 11) is 0. The maximum atomic E-state index is 12.2. The number of nitrogens with zero attached hydrogens (tertiary/aromatic N) is 2. The maximum absolute atomic E-state index is 12.2. The summed E-state index contributed by atoms with van der Waals surface area (Å²) in [6, 6.07) is 0. The Labute approximate surface area is 120 Å². The molecule has 1 fully saturated rings. The third-order valence-electron chi connectivity index (χ3n) is 3.21. The van der Waals surface area contributed by atoms with Crippen molar-refractivity contribution in [3.8, 4) is 0 Å². The van der Waals surface area contributed by atoms with Crippen molar-refractivity contribution in [2.24, 2.45) is 0 Å². The van der Waals surface area contributed by atoms with Crippen LogP contribution in [0.2, 0.25) is 0 Å².